The van der Waals surface area contributed by atoms with Crippen LogP contribution in [-0.2, 0) is 13.6 Å². The summed E-state index contributed by atoms with van der Waals surface area (Å²) < 4.78 is 27.1. The Balaban J connectivity index is 2.63. The van der Waals surface area contributed by atoms with Gasteiger partial charge >= 0.3 is 0 Å². The number of hydrogen-bond donors (Lipinski definition) is 0. The molecule has 1 atom stereocenters. The first-order valence-corrected chi connectivity index (χ1v) is 6.33. The van der Waals surface area contributed by atoms with Crippen LogP contribution in [0.3, 0.4) is 0 Å². The van der Waals surface area contributed by atoms with Crippen molar-refractivity contribution in [1.29, 1.82) is 0 Å². The maximum Gasteiger partial charge on any atom is 0.206 e. The molecule has 0 bridgehead atoms. The SMILES string of the molecule is CSS(=O)(=O)C1CCOC1. The molecule has 10 heavy (non-hydrogen) atoms. The Morgan fingerprint density at radius 2 is 2.30 bits per heavy atom. The zero-order valence-electron chi connectivity index (χ0n) is 5.74. The van der Waals surface area contributed by atoms with Crippen LogP contribution in [0.5, 0.6) is 0 Å². The van der Waals surface area contributed by atoms with E-state index in [1.807, 2.05) is 0 Å². The van der Waals surface area contributed by atoms with Crippen molar-refractivity contribution in [3.63, 3.8) is 0 Å². The van der Waals surface area contributed by atoms with Gasteiger partial charge in [-0.05, 0) is 23.5 Å². The Kier molecular flexibility index (Phi) is 2.60. The molecule has 0 amide bonds. The Morgan fingerprint density at radius 1 is 1.60 bits per heavy atom. The molecule has 5 heteroatoms. The Hall–Kier alpha value is 0.260. The van der Waals surface area contributed by atoms with E-state index in [-0.39, 0.29) is 5.25 Å². The Morgan fingerprint density at radius 3 is 2.70 bits per heavy atom. The molecule has 1 rings (SSSR count). The van der Waals surface area contributed by atoms with Crippen molar-refractivity contribution in [1.82, 2.24) is 0 Å². The van der Waals surface area contributed by atoms with E-state index in [1.165, 1.54) is 0 Å². The quantitative estimate of drug-likeness (QED) is 0.582. The molecule has 0 aromatic rings. The minimum Gasteiger partial charge on any atom is -0.380 e. The number of rotatable bonds is 2. The van der Waals surface area contributed by atoms with Crippen molar-refractivity contribution in [2.75, 3.05) is 19.5 Å². The van der Waals surface area contributed by atoms with Gasteiger partial charge in [-0.2, -0.15) is 0 Å². The average Bonchev–Trinajstić information content (AvgIpc) is 2.38. The van der Waals surface area contributed by atoms with Gasteiger partial charge in [0.2, 0.25) is 8.87 Å². The molecule has 0 aromatic carbocycles. The van der Waals surface area contributed by atoms with Gasteiger partial charge in [0.05, 0.1) is 11.9 Å². The molecule has 0 saturated carbocycles. The average molecular weight is 182 g/mol. The topological polar surface area (TPSA) is 43.4 Å². The van der Waals surface area contributed by atoms with Crippen LogP contribution in [0.4, 0.5) is 0 Å². The van der Waals surface area contributed by atoms with Crippen LogP contribution in [0, 0.1) is 0 Å². The van der Waals surface area contributed by atoms with E-state index < -0.39 is 8.87 Å². The molecular formula is C5H10O3S2. The third-order valence-electron chi connectivity index (χ3n) is 1.53. The van der Waals surface area contributed by atoms with Gasteiger partial charge in [0.15, 0.2) is 0 Å². The summed E-state index contributed by atoms with van der Waals surface area (Å²) in [5.74, 6) is 0. The molecular weight excluding hydrogens is 172 g/mol. The summed E-state index contributed by atoms with van der Waals surface area (Å²) in [7, 11) is -1.99. The third-order valence-corrected chi connectivity index (χ3v) is 5.39. The van der Waals surface area contributed by atoms with Crippen LogP contribution in [-0.4, -0.2) is 33.1 Å². The lowest BCUT2D eigenvalue weighted by molar-refractivity contribution is 0.198. The van der Waals surface area contributed by atoms with Crippen molar-refractivity contribution in [2.45, 2.75) is 11.7 Å². The van der Waals surface area contributed by atoms with E-state index in [4.69, 9.17) is 4.74 Å². The fraction of sp³-hybridized carbons (Fsp3) is 1.00. The first-order valence-electron chi connectivity index (χ1n) is 3.04. The zero-order chi connectivity index (χ0) is 7.61. The monoisotopic (exact) mass is 182 g/mol. The smallest absolute Gasteiger partial charge is 0.206 e. The summed E-state index contributed by atoms with van der Waals surface area (Å²) in [4.78, 5) is 0. The molecule has 1 aliphatic heterocycles. The van der Waals surface area contributed by atoms with E-state index in [2.05, 4.69) is 0 Å². The van der Waals surface area contributed by atoms with Gasteiger partial charge in [-0.1, -0.05) is 0 Å². The predicted molar refractivity (Wildman–Crippen MR) is 41.7 cm³/mol. The first-order chi connectivity index (χ1) is 4.67. The van der Waals surface area contributed by atoms with Gasteiger partial charge in [0.25, 0.3) is 0 Å². The molecule has 0 spiro atoms. The van der Waals surface area contributed by atoms with Crippen LogP contribution < -0.4 is 0 Å². The standard InChI is InChI=1S/C5H10O3S2/c1-9-10(6,7)5-2-3-8-4-5/h5H,2-4H2,1H3. The summed E-state index contributed by atoms with van der Waals surface area (Å²) in [5, 5.41) is -0.262. The molecule has 1 fully saturated rings. The van der Waals surface area contributed by atoms with Crippen LogP contribution in [0.2, 0.25) is 0 Å². The second kappa shape index (κ2) is 3.11. The van der Waals surface area contributed by atoms with Gasteiger partial charge in [0.1, 0.15) is 0 Å². The van der Waals surface area contributed by atoms with E-state index in [0.717, 1.165) is 10.8 Å². The molecule has 0 N–H and O–H groups in total. The van der Waals surface area contributed by atoms with Gasteiger partial charge in [-0.25, -0.2) is 8.42 Å². The van der Waals surface area contributed by atoms with Crippen molar-refractivity contribution >= 4 is 19.7 Å². The normalized spacial score (nSPS) is 27.1. The van der Waals surface area contributed by atoms with Gasteiger partial charge in [-0.3, -0.25) is 0 Å². The van der Waals surface area contributed by atoms with Crippen molar-refractivity contribution in [3.8, 4) is 0 Å². The van der Waals surface area contributed by atoms with Crippen LogP contribution in [0.1, 0.15) is 6.42 Å². The second-order valence-electron chi connectivity index (χ2n) is 2.15. The maximum absolute atomic E-state index is 11.1. The van der Waals surface area contributed by atoms with Crippen LogP contribution in [0.15, 0.2) is 0 Å². The largest absolute Gasteiger partial charge is 0.380 e. The van der Waals surface area contributed by atoms with Crippen molar-refractivity contribution < 1.29 is 13.2 Å². The summed E-state index contributed by atoms with van der Waals surface area (Å²) in [6.07, 6.45) is 2.25. The van der Waals surface area contributed by atoms with Crippen LogP contribution >= 0.6 is 10.8 Å². The lowest BCUT2D eigenvalue weighted by Gasteiger charge is -2.04. The summed E-state index contributed by atoms with van der Waals surface area (Å²) in [5.41, 5.74) is 0. The van der Waals surface area contributed by atoms with Crippen molar-refractivity contribution in [3.05, 3.63) is 0 Å². The molecule has 60 valence electrons. The molecule has 0 radical (unpaired) electrons. The predicted octanol–water partition coefficient (Wildman–Crippen LogP) is 0.468. The summed E-state index contributed by atoms with van der Waals surface area (Å²) >= 11 is 0. The lowest BCUT2D eigenvalue weighted by atomic mass is 10.4. The molecule has 1 unspecified atom stereocenters. The lowest BCUT2D eigenvalue weighted by Crippen LogP contribution is -2.17. The van der Waals surface area contributed by atoms with Gasteiger partial charge in [0, 0.05) is 6.61 Å². The third kappa shape index (κ3) is 1.65. The molecule has 1 aliphatic rings. The fourth-order valence-corrected chi connectivity index (χ4v) is 3.07. The first kappa shape index (κ1) is 8.36. The molecule has 3 nitrogen and oxygen atoms in total. The Labute approximate surface area is 64.5 Å². The summed E-state index contributed by atoms with van der Waals surface area (Å²) in [6, 6.07) is 0. The molecule has 1 heterocycles. The highest BCUT2D eigenvalue weighted by molar-refractivity contribution is 8.72. The highest BCUT2D eigenvalue weighted by Crippen LogP contribution is 2.21. The van der Waals surface area contributed by atoms with Crippen LogP contribution in [0.25, 0.3) is 0 Å². The molecule has 0 aromatic heterocycles. The van der Waals surface area contributed by atoms with E-state index in [0.29, 0.717) is 19.6 Å². The Bertz CT molecular complexity index is 191. The highest BCUT2D eigenvalue weighted by Gasteiger charge is 2.28. The molecule has 1 saturated heterocycles. The van der Waals surface area contributed by atoms with E-state index in [1.54, 1.807) is 6.26 Å². The number of hydrogen-bond acceptors (Lipinski definition) is 4. The zero-order valence-corrected chi connectivity index (χ0v) is 7.37. The highest BCUT2D eigenvalue weighted by atomic mass is 33.1. The van der Waals surface area contributed by atoms with E-state index >= 15 is 0 Å². The number of ether oxygens (including phenoxy) is 1. The fourth-order valence-electron chi connectivity index (χ4n) is 0.877. The van der Waals surface area contributed by atoms with Gasteiger partial charge in [-0.15, -0.1) is 0 Å². The second-order valence-corrected chi connectivity index (χ2v) is 6.52. The van der Waals surface area contributed by atoms with Gasteiger partial charge < -0.3 is 4.74 Å². The van der Waals surface area contributed by atoms with E-state index in [9.17, 15) is 8.42 Å². The molecule has 0 aliphatic carbocycles. The maximum atomic E-state index is 11.1. The van der Waals surface area contributed by atoms with Crippen molar-refractivity contribution in [2.24, 2.45) is 0 Å². The minimum absolute atomic E-state index is 0.262. The summed E-state index contributed by atoms with van der Waals surface area (Å²) in [6.45, 7) is 0.966. The minimum atomic E-state index is -2.91.